The zero-order chi connectivity index (χ0) is 12.8. The summed E-state index contributed by atoms with van der Waals surface area (Å²) in [6.07, 6.45) is 2.50. The van der Waals surface area contributed by atoms with Gasteiger partial charge in [-0.15, -0.1) is 0 Å². The standard InChI is InChI=1S/C15H26N2/c1-6-8-12(2)15(16-3)13-9-7-10-14(11-13)17(4)5/h7,9-12,15-16H,6,8H2,1-5H3. The fourth-order valence-electron chi connectivity index (χ4n) is 2.40. The molecule has 0 aliphatic carbocycles. The number of hydrogen-bond acceptors (Lipinski definition) is 2. The molecule has 0 spiro atoms. The van der Waals surface area contributed by atoms with Crippen molar-refractivity contribution in [3.63, 3.8) is 0 Å². The zero-order valence-electron chi connectivity index (χ0n) is 11.8. The largest absolute Gasteiger partial charge is 0.378 e. The van der Waals surface area contributed by atoms with E-state index in [0.717, 1.165) is 0 Å². The van der Waals surface area contributed by atoms with Crippen LogP contribution in [0, 0.1) is 5.92 Å². The van der Waals surface area contributed by atoms with Gasteiger partial charge in [0.1, 0.15) is 0 Å². The lowest BCUT2D eigenvalue weighted by Crippen LogP contribution is -2.23. The van der Waals surface area contributed by atoms with Gasteiger partial charge in [-0.1, -0.05) is 32.4 Å². The Morgan fingerprint density at radius 2 is 2.00 bits per heavy atom. The van der Waals surface area contributed by atoms with Gasteiger partial charge in [0.2, 0.25) is 0 Å². The molecule has 1 rings (SSSR count). The molecule has 2 heteroatoms. The highest BCUT2D eigenvalue weighted by molar-refractivity contribution is 5.47. The Morgan fingerprint density at radius 1 is 1.29 bits per heavy atom. The third kappa shape index (κ3) is 3.74. The molecule has 2 unspecified atom stereocenters. The Kier molecular flexibility index (Phi) is 5.49. The molecule has 0 fully saturated rings. The normalized spacial score (nSPS) is 14.4. The van der Waals surface area contributed by atoms with Crippen LogP contribution in [0.15, 0.2) is 24.3 Å². The van der Waals surface area contributed by atoms with E-state index in [0.29, 0.717) is 12.0 Å². The summed E-state index contributed by atoms with van der Waals surface area (Å²) in [7, 11) is 6.23. The van der Waals surface area contributed by atoms with Gasteiger partial charge in [-0.25, -0.2) is 0 Å². The molecule has 0 heterocycles. The molecule has 0 saturated carbocycles. The molecule has 2 atom stereocenters. The molecule has 0 radical (unpaired) electrons. The summed E-state index contributed by atoms with van der Waals surface area (Å²) in [4.78, 5) is 2.15. The first-order chi connectivity index (χ1) is 8.10. The molecule has 0 amide bonds. The second-order valence-corrected chi connectivity index (χ2v) is 5.02. The van der Waals surface area contributed by atoms with E-state index in [1.165, 1.54) is 24.1 Å². The number of hydrogen-bond donors (Lipinski definition) is 1. The molecule has 1 aromatic carbocycles. The van der Waals surface area contributed by atoms with Crippen LogP contribution < -0.4 is 10.2 Å². The van der Waals surface area contributed by atoms with Crippen molar-refractivity contribution in [2.45, 2.75) is 32.7 Å². The van der Waals surface area contributed by atoms with E-state index < -0.39 is 0 Å². The summed E-state index contributed by atoms with van der Waals surface area (Å²) >= 11 is 0. The molecule has 0 aliphatic rings. The van der Waals surface area contributed by atoms with Crippen LogP contribution in [-0.2, 0) is 0 Å². The number of nitrogens with one attached hydrogen (secondary N) is 1. The van der Waals surface area contributed by atoms with Gasteiger partial charge >= 0.3 is 0 Å². The lowest BCUT2D eigenvalue weighted by molar-refractivity contribution is 0.384. The van der Waals surface area contributed by atoms with Crippen molar-refractivity contribution in [1.82, 2.24) is 5.32 Å². The molecule has 1 N–H and O–H groups in total. The predicted molar refractivity (Wildman–Crippen MR) is 76.6 cm³/mol. The maximum Gasteiger partial charge on any atom is 0.0364 e. The Hall–Kier alpha value is -1.02. The summed E-state index contributed by atoms with van der Waals surface area (Å²) in [5, 5.41) is 3.45. The highest BCUT2D eigenvalue weighted by Gasteiger charge is 2.17. The van der Waals surface area contributed by atoms with E-state index in [-0.39, 0.29) is 0 Å². The summed E-state index contributed by atoms with van der Waals surface area (Å²) in [5.41, 5.74) is 2.66. The minimum atomic E-state index is 0.454. The van der Waals surface area contributed by atoms with Gasteiger partial charge in [-0.3, -0.25) is 0 Å². The van der Waals surface area contributed by atoms with Gasteiger partial charge in [0.15, 0.2) is 0 Å². The van der Waals surface area contributed by atoms with E-state index >= 15 is 0 Å². The van der Waals surface area contributed by atoms with Crippen molar-refractivity contribution in [2.75, 3.05) is 26.0 Å². The molecule has 0 aliphatic heterocycles. The third-order valence-corrected chi connectivity index (χ3v) is 3.37. The van der Waals surface area contributed by atoms with E-state index in [1.807, 2.05) is 0 Å². The average Bonchev–Trinajstić information content (AvgIpc) is 2.30. The lowest BCUT2D eigenvalue weighted by atomic mass is 9.91. The summed E-state index contributed by atoms with van der Waals surface area (Å²) in [6.45, 7) is 4.58. The minimum Gasteiger partial charge on any atom is -0.378 e. The second kappa shape index (κ2) is 6.65. The van der Waals surface area contributed by atoms with Crippen LogP contribution in [0.25, 0.3) is 0 Å². The molecule has 0 aromatic heterocycles. The zero-order valence-corrected chi connectivity index (χ0v) is 11.8. The summed E-state index contributed by atoms with van der Waals surface area (Å²) in [6, 6.07) is 9.26. The van der Waals surface area contributed by atoms with Crippen molar-refractivity contribution in [3.8, 4) is 0 Å². The van der Waals surface area contributed by atoms with E-state index in [1.54, 1.807) is 0 Å². The Morgan fingerprint density at radius 3 is 2.53 bits per heavy atom. The fraction of sp³-hybridized carbons (Fsp3) is 0.600. The fourth-order valence-corrected chi connectivity index (χ4v) is 2.40. The minimum absolute atomic E-state index is 0.454. The van der Waals surface area contributed by atoms with Crippen LogP contribution in [-0.4, -0.2) is 21.1 Å². The first-order valence-electron chi connectivity index (χ1n) is 6.54. The van der Waals surface area contributed by atoms with Crippen LogP contribution in [0.5, 0.6) is 0 Å². The van der Waals surface area contributed by atoms with Gasteiger partial charge in [0.05, 0.1) is 0 Å². The lowest BCUT2D eigenvalue weighted by Gasteiger charge is -2.25. The van der Waals surface area contributed by atoms with Gasteiger partial charge in [0.25, 0.3) is 0 Å². The number of anilines is 1. The van der Waals surface area contributed by atoms with Crippen molar-refractivity contribution < 1.29 is 0 Å². The van der Waals surface area contributed by atoms with Gasteiger partial charge < -0.3 is 10.2 Å². The van der Waals surface area contributed by atoms with Gasteiger partial charge in [0, 0.05) is 25.8 Å². The topological polar surface area (TPSA) is 15.3 Å². The Labute approximate surface area is 106 Å². The van der Waals surface area contributed by atoms with Crippen molar-refractivity contribution in [2.24, 2.45) is 5.92 Å². The molecule has 0 bridgehead atoms. The predicted octanol–water partition coefficient (Wildman–Crippen LogP) is 3.45. The monoisotopic (exact) mass is 234 g/mol. The average molecular weight is 234 g/mol. The molecular weight excluding hydrogens is 208 g/mol. The van der Waals surface area contributed by atoms with Crippen LogP contribution in [0.2, 0.25) is 0 Å². The molecule has 96 valence electrons. The maximum absolute atomic E-state index is 3.45. The molecule has 0 saturated heterocycles. The highest BCUT2D eigenvalue weighted by Crippen LogP contribution is 2.27. The smallest absolute Gasteiger partial charge is 0.0364 e. The Balaban J connectivity index is 2.91. The molecule has 17 heavy (non-hydrogen) atoms. The summed E-state index contributed by atoms with van der Waals surface area (Å²) in [5.74, 6) is 0.669. The third-order valence-electron chi connectivity index (χ3n) is 3.37. The second-order valence-electron chi connectivity index (χ2n) is 5.02. The van der Waals surface area contributed by atoms with Crippen molar-refractivity contribution in [3.05, 3.63) is 29.8 Å². The van der Waals surface area contributed by atoms with Gasteiger partial charge in [-0.05, 0) is 37.1 Å². The molecule has 2 nitrogen and oxygen atoms in total. The quantitative estimate of drug-likeness (QED) is 0.811. The van der Waals surface area contributed by atoms with Gasteiger partial charge in [-0.2, -0.15) is 0 Å². The maximum atomic E-state index is 3.45. The number of nitrogens with zero attached hydrogens (tertiary/aromatic N) is 1. The van der Waals surface area contributed by atoms with E-state index in [4.69, 9.17) is 0 Å². The van der Waals surface area contributed by atoms with Crippen LogP contribution in [0.1, 0.15) is 38.3 Å². The number of benzene rings is 1. The highest BCUT2D eigenvalue weighted by atomic mass is 15.1. The number of rotatable bonds is 6. The van der Waals surface area contributed by atoms with Crippen LogP contribution >= 0.6 is 0 Å². The summed E-state index contributed by atoms with van der Waals surface area (Å²) < 4.78 is 0. The van der Waals surface area contributed by atoms with Crippen molar-refractivity contribution >= 4 is 5.69 Å². The first kappa shape index (κ1) is 14.0. The van der Waals surface area contributed by atoms with Crippen LogP contribution in [0.3, 0.4) is 0 Å². The Bertz CT molecular complexity index is 333. The SMILES string of the molecule is CCCC(C)C(NC)c1cccc(N(C)C)c1. The van der Waals surface area contributed by atoms with E-state index in [9.17, 15) is 0 Å². The van der Waals surface area contributed by atoms with Crippen LogP contribution in [0.4, 0.5) is 5.69 Å². The van der Waals surface area contributed by atoms with E-state index in [2.05, 4.69) is 69.5 Å². The molecule has 1 aromatic rings. The first-order valence-corrected chi connectivity index (χ1v) is 6.54. The van der Waals surface area contributed by atoms with Crippen molar-refractivity contribution in [1.29, 1.82) is 0 Å². The molecular formula is C15H26N2.